The summed E-state index contributed by atoms with van der Waals surface area (Å²) in [6, 6.07) is 7.83. The summed E-state index contributed by atoms with van der Waals surface area (Å²) in [6.45, 7) is 3.11. The molecule has 3 aromatic rings. The summed E-state index contributed by atoms with van der Waals surface area (Å²) in [5.74, 6) is -1.54. The predicted molar refractivity (Wildman–Crippen MR) is 101 cm³/mol. The van der Waals surface area contributed by atoms with E-state index in [4.69, 9.17) is 5.73 Å². The highest BCUT2D eigenvalue weighted by Crippen LogP contribution is 2.40. The maximum Gasteiger partial charge on any atom is 0.342 e. The van der Waals surface area contributed by atoms with Gasteiger partial charge in [-0.15, -0.1) is 11.3 Å². The van der Waals surface area contributed by atoms with Gasteiger partial charge in [0, 0.05) is 11.1 Å². The first kappa shape index (κ1) is 18.7. The molecule has 0 fully saturated rings. The molecule has 26 heavy (non-hydrogen) atoms. The van der Waals surface area contributed by atoms with Gasteiger partial charge in [-0.2, -0.15) is 0 Å². The number of hydrogen-bond donors (Lipinski definition) is 3. The number of benzene rings is 1. The number of nitrogens with zero attached hydrogens (tertiary/aromatic N) is 2. The van der Waals surface area contributed by atoms with Crippen molar-refractivity contribution in [3.8, 4) is 0 Å². The average molecular weight is 438 g/mol. The van der Waals surface area contributed by atoms with Crippen molar-refractivity contribution in [3.05, 3.63) is 67.5 Å². The van der Waals surface area contributed by atoms with Gasteiger partial charge in [0.05, 0.1) is 5.69 Å². The van der Waals surface area contributed by atoms with Gasteiger partial charge in [0.1, 0.15) is 10.0 Å². The van der Waals surface area contributed by atoms with Crippen LogP contribution in [0.15, 0.2) is 45.0 Å². The third-order valence-electron chi connectivity index (χ3n) is 4.43. The van der Waals surface area contributed by atoms with Crippen LogP contribution in [0.5, 0.6) is 0 Å². The lowest BCUT2D eigenvalue weighted by Gasteiger charge is -2.39. The van der Waals surface area contributed by atoms with Gasteiger partial charge in [-0.3, -0.25) is 9.20 Å². The van der Waals surface area contributed by atoms with Crippen molar-refractivity contribution < 1.29 is 15.0 Å². The topological polar surface area (TPSA) is 118 Å². The average Bonchev–Trinajstić information content (AvgIpc) is 2.98. The number of aromatic nitrogens is 2. The molecule has 1 aromatic carbocycles. The second kappa shape index (κ2) is 6.27. The number of hydrogen-bond acceptors (Lipinski definition) is 6. The number of nitrogens with two attached hydrogens (primary N) is 1. The minimum atomic E-state index is -2.50. The maximum absolute atomic E-state index is 12.7. The van der Waals surface area contributed by atoms with E-state index in [0.29, 0.717) is 10.7 Å². The number of carbonyl (C=O) groups is 1. The van der Waals surface area contributed by atoms with E-state index < -0.39 is 22.7 Å². The van der Waals surface area contributed by atoms with Gasteiger partial charge in [-0.05, 0) is 35.3 Å². The first-order valence-corrected chi connectivity index (χ1v) is 9.26. The number of aliphatic carboxylic acids is 1. The highest BCUT2D eigenvalue weighted by molar-refractivity contribution is 9.10. The van der Waals surface area contributed by atoms with Gasteiger partial charge < -0.3 is 15.9 Å². The lowest BCUT2D eigenvalue weighted by molar-refractivity contribution is -0.169. The zero-order chi connectivity index (χ0) is 19.3. The lowest BCUT2D eigenvalue weighted by atomic mass is 9.74. The Balaban J connectivity index is 2.33. The van der Waals surface area contributed by atoms with E-state index in [-0.39, 0.29) is 15.7 Å². The fourth-order valence-corrected chi connectivity index (χ4v) is 4.44. The van der Waals surface area contributed by atoms with Gasteiger partial charge in [0.2, 0.25) is 5.60 Å². The van der Waals surface area contributed by atoms with Crippen molar-refractivity contribution in [1.82, 2.24) is 9.38 Å². The third-order valence-corrected chi connectivity index (χ3v) is 6.09. The Bertz CT molecular complexity index is 1060. The molecule has 0 saturated heterocycles. The lowest BCUT2D eigenvalue weighted by Crippen LogP contribution is -2.59. The molecule has 4 N–H and O–H groups in total. The van der Waals surface area contributed by atoms with Gasteiger partial charge in [-0.1, -0.05) is 30.3 Å². The Morgan fingerprint density at radius 3 is 2.54 bits per heavy atom. The summed E-state index contributed by atoms with van der Waals surface area (Å²) in [6.07, 6.45) is 0. The highest BCUT2D eigenvalue weighted by atomic mass is 79.9. The van der Waals surface area contributed by atoms with Crippen molar-refractivity contribution in [3.63, 3.8) is 0 Å². The molecule has 0 spiro atoms. The Morgan fingerprint density at radius 1 is 1.35 bits per heavy atom. The highest BCUT2D eigenvalue weighted by Gasteiger charge is 2.55. The second-order valence-electron chi connectivity index (χ2n) is 6.16. The van der Waals surface area contributed by atoms with Gasteiger partial charge in [0.25, 0.3) is 5.56 Å². The Labute approximate surface area is 160 Å². The SMILES string of the molecule is Cc1csc2nc([C@@](C)(N)[C@](O)(C(=O)O)c3ccccc3)c(Br)c(=O)n12. The number of thiazole rings is 1. The minimum Gasteiger partial charge on any atom is -0.479 e. The van der Waals surface area contributed by atoms with Crippen LogP contribution in [0.2, 0.25) is 0 Å². The first-order chi connectivity index (χ1) is 12.1. The zero-order valence-electron chi connectivity index (χ0n) is 13.9. The molecule has 2 atom stereocenters. The number of aliphatic hydroxyl groups is 1. The van der Waals surface area contributed by atoms with Crippen molar-refractivity contribution >= 4 is 38.2 Å². The minimum absolute atomic E-state index is 0.0112. The second-order valence-corrected chi connectivity index (χ2v) is 7.79. The van der Waals surface area contributed by atoms with Gasteiger partial charge in [0.15, 0.2) is 4.96 Å². The summed E-state index contributed by atoms with van der Waals surface area (Å²) < 4.78 is 1.41. The summed E-state index contributed by atoms with van der Waals surface area (Å²) in [4.78, 5) is 29.5. The van der Waals surface area contributed by atoms with Crippen LogP contribution in [-0.4, -0.2) is 25.6 Å². The van der Waals surface area contributed by atoms with Crippen molar-refractivity contribution in [1.29, 1.82) is 0 Å². The number of halogens is 1. The van der Waals surface area contributed by atoms with Crippen LogP contribution < -0.4 is 11.3 Å². The molecular formula is C17H16BrN3O4S. The Morgan fingerprint density at radius 2 is 1.96 bits per heavy atom. The number of carboxylic acids is 1. The van der Waals surface area contributed by atoms with Crippen LogP contribution in [0.1, 0.15) is 23.9 Å². The van der Waals surface area contributed by atoms with E-state index in [0.717, 1.165) is 0 Å². The van der Waals surface area contributed by atoms with E-state index >= 15 is 0 Å². The molecule has 136 valence electrons. The molecule has 0 radical (unpaired) electrons. The monoisotopic (exact) mass is 437 g/mol. The smallest absolute Gasteiger partial charge is 0.342 e. The van der Waals surface area contributed by atoms with E-state index in [2.05, 4.69) is 20.9 Å². The van der Waals surface area contributed by atoms with E-state index in [1.54, 1.807) is 30.5 Å². The number of carboxylic acid groups (broad SMARTS) is 1. The van der Waals surface area contributed by atoms with Gasteiger partial charge in [-0.25, -0.2) is 9.78 Å². The van der Waals surface area contributed by atoms with Crippen molar-refractivity contribution in [2.45, 2.75) is 25.0 Å². The number of fused-ring (bicyclic) bond motifs is 1. The molecule has 3 rings (SSSR count). The number of aryl methyl sites for hydroxylation is 1. The molecule has 0 aliphatic rings. The zero-order valence-corrected chi connectivity index (χ0v) is 16.3. The van der Waals surface area contributed by atoms with Crippen LogP contribution in [-0.2, 0) is 15.9 Å². The molecule has 0 aliphatic heterocycles. The van der Waals surface area contributed by atoms with E-state index in [1.165, 1.54) is 34.8 Å². The predicted octanol–water partition coefficient (Wildman–Crippen LogP) is 1.97. The molecule has 0 amide bonds. The van der Waals surface area contributed by atoms with Crippen LogP contribution in [0.4, 0.5) is 0 Å². The first-order valence-electron chi connectivity index (χ1n) is 7.59. The Kier molecular flexibility index (Phi) is 4.51. The van der Waals surface area contributed by atoms with E-state index in [1.807, 2.05) is 0 Å². The van der Waals surface area contributed by atoms with Crippen molar-refractivity contribution in [2.24, 2.45) is 5.73 Å². The summed E-state index contributed by atoms with van der Waals surface area (Å²) in [5, 5.41) is 22.7. The third kappa shape index (κ3) is 2.50. The molecule has 0 saturated carbocycles. The summed E-state index contributed by atoms with van der Waals surface area (Å²) in [7, 11) is 0. The molecule has 2 heterocycles. The van der Waals surface area contributed by atoms with Crippen LogP contribution in [0, 0.1) is 6.92 Å². The van der Waals surface area contributed by atoms with Crippen molar-refractivity contribution in [2.75, 3.05) is 0 Å². The fraction of sp³-hybridized carbons (Fsp3) is 0.235. The standard InChI is InChI=1S/C17H16BrN3O4S/c1-9-8-26-15-20-12(11(18)13(22)21(9)15)16(2,19)17(25,14(23)24)10-6-4-3-5-7-10/h3-8,25H,19H2,1-2H3,(H,23,24)/t16-,17-/m1/s1. The number of rotatable bonds is 4. The molecule has 0 unspecified atom stereocenters. The Hall–Kier alpha value is -2.07. The normalized spacial score (nSPS) is 16.2. The molecule has 7 nitrogen and oxygen atoms in total. The maximum atomic E-state index is 12.7. The van der Waals surface area contributed by atoms with Crippen LogP contribution >= 0.6 is 27.3 Å². The van der Waals surface area contributed by atoms with Crippen LogP contribution in [0.25, 0.3) is 4.96 Å². The molecular weight excluding hydrogens is 422 g/mol. The van der Waals surface area contributed by atoms with E-state index in [9.17, 15) is 19.8 Å². The molecule has 9 heteroatoms. The quantitative estimate of drug-likeness (QED) is 0.574. The molecule has 0 aliphatic carbocycles. The fourth-order valence-electron chi connectivity index (χ4n) is 2.90. The van der Waals surface area contributed by atoms with Gasteiger partial charge >= 0.3 is 5.97 Å². The molecule has 0 bridgehead atoms. The molecule has 2 aromatic heterocycles. The van der Waals surface area contributed by atoms with Crippen LogP contribution in [0.3, 0.4) is 0 Å². The summed E-state index contributed by atoms with van der Waals surface area (Å²) in [5.41, 5.74) is 2.30. The largest absolute Gasteiger partial charge is 0.479 e. The summed E-state index contributed by atoms with van der Waals surface area (Å²) >= 11 is 4.42.